The third-order valence-electron chi connectivity index (χ3n) is 3.84. The highest BCUT2D eigenvalue weighted by molar-refractivity contribution is 14.1. The third-order valence-corrected chi connectivity index (χ3v) is 5.05. The Morgan fingerprint density at radius 2 is 1.91 bits per heavy atom. The highest BCUT2D eigenvalue weighted by Gasteiger charge is 2.09. The lowest BCUT2D eigenvalue weighted by molar-refractivity contribution is 0.921. The van der Waals surface area contributed by atoms with Crippen molar-refractivity contribution in [2.24, 2.45) is 4.99 Å². The van der Waals surface area contributed by atoms with E-state index in [2.05, 4.69) is 76.1 Å². The Morgan fingerprint density at radius 1 is 1.09 bits per heavy atom. The minimum absolute atomic E-state index is 0.937. The van der Waals surface area contributed by atoms with Crippen LogP contribution in [0.3, 0.4) is 0 Å². The summed E-state index contributed by atoms with van der Waals surface area (Å²) in [4.78, 5) is 9.07. The van der Waals surface area contributed by atoms with Gasteiger partial charge in [-0.25, -0.2) is 4.98 Å². The monoisotopic (exact) mass is 415 g/mol. The van der Waals surface area contributed by atoms with E-state index in [0.29, 0.717) is 0 Å². The van der Waals surface area contributed by atoms with Crippen LogP contribution in [-0.4, -0.2) is 15.8 Å². The molecule has 0 aliphatic carbocycles. The van der Waals surface area contributed by atoms with Gasteiger partial charge in [0.1, 0.15) is 5.82 Å². The Kier molecular flexibility index (Phi) is 4.61. The van der Waals surface area contributed by atoms with Gasteiger partial charge in [0, 0.05) is 32.9 Å². The molecule has 0 atom stereocenters. The fourth-order valence-electron chi connectivity index (χ4n) is 2.61. The normalized spacial score (nSPS) is 11.3. The van der Waals surface area contributed by atoms with Crippen LogP contribution in [0.5, 0.6) is 0 Å². The lowest BCUT2D eigenvalue weighted by atomic mass is 10.2. The zero-order valence-electron chi connectivity index (χ0n) is 13.4. The second-order valence-corrected chi connectivity index (χ2v) is 6.70. The summed E-state index contributed by atoms with van der Waals surface area (Å²) < 4.78 is 3.41. The number of aromatic nitrogens is 2. The van der Waals surface area contributed by atoms with E-state index >= 15 is 0 Å². The van der Waals surface area contributed by atoms with Crippen LogP contribution in [0.15, 0.2) is 53.7 Å². The SMILES string of the molecule is Cc1cc(N=Cc2cc(C)n(-c3ccccn3)c2C)ccc1I. The predicted octanol–water partition coefficient (Wildman–Crippen LogP) is 5.15. The van der Waals surface area contributed by atoms with Gasteiger partial charge in [-0.05, 0) is 85.3 Å². The van der Waals surface area contributed by atoms with Gasteiger partial charge in [0.05, 0.1) is 5.69 Å². The molecule has 0 aliphatic heterocycles. The summed E-state index contributed by atoms with van der Waals surface area (Å²) in [7, 11) is 0. The molecule has 0 saturated heterocycles. The van der Waals surface area contributed by atoms with Gasteiger partial charge in [0.15, 0.2) is 0 Å². The van der Waals surface area contributed by atoms with E-state index in [-0.39, 0.29) is 0 Å². The summed E-state index contributed by atoms with van der Waals surface area (Å²) in [6.07, 6.45) is 3.75. The Hall–Kier alpha value is -1.95. The van der Waals surface area contributed by atoms with Crippen LogP contribution in [0.2, 0.25) is 0 Å². The maximum absolute atomic E-state index is 4.63. The van der Waals surface area contributed by atoms with Crippen LogP contribution in [0.1, 0.15) is 22.5 Å². The topological polar surface area (TPSA) is 30.2 Å². The number of aryl methyl sites for hydroxylation is 2. The summed E-state index contributed by atoms with van der Waals surface area (Å²) in [5.74, 6) is 0.937. The summed E-state index contributed by atoms with van der Waals surface area (Å²) >= 11 is 2.34. The van der Waals surface area contributed by atoms with Crippen molar-refractivity contribution in [3.8, 4) is 5.82 Å². The molecule has 0 saturated carbocycles. The van der Waals surface area contributed by atoms with E-state index in [1.165, 1.54) is 9.13 Å². The van der Waals surface area contributed by atoms with Crippen LogP contribution in [0.25, 0.3) is 5.82 Å². The second kappa shape index (κ2) is 6.66. The molecule has 3 rings (SSSR count). The Labute approximate surface area is 150 Å². The van der Waals surface area contributed by atoms with Crippen molar-refractivity contribution in [3.05, 3.63) is 74.7 Å². The highest BCUT2D eigenvalue weighted by Crippen LogP contribution is 2.21. The average molecular weight is 415 g/mol. The molecule has 1 aromatic carbocycles. The smallest absolute Gasteiger partial charge is 0.136 e. The van der Waals surface area contributed by atoms with Gasteiger partial charge in [0.25, 0.3) is 0 Å². The molecule has 0 radical (unpaired) electrons. The Morgan fingerprint density at radius 3 is 2.61 bits per heavy atom. The van der Waals surface area contributed by atoms with Crippen molar-refractivity contribution in [2.75, 3.05) is 0 Å². The standard InChI is InChI=1S/C19H18IN3/c1-13-10-17(7-8-18(13)20)22-12-16-11-14(2)23(15(16)3)19-6-4-5-9-21-19/h4-12H,1-3H3. The number of halogens is 1. The van der Waals surface area contributed by atoms with Crippen LogP contribution in [0, 0.1) is 24.3 Å². The van der Waals surface area contributed by atoms with Crippen LogP contribution in [0.4, 0.5) is 5.69 Å². The number of aliphatic imine (C=N–C) groups is 1. The molecular weight excluding hydrogens is 397 g/mol. The lowest BCUT2D eigenvalue weighted by Gasteiger charge is -2.07. The number of hydrogen-bond acceptors (Lipinski definition) is 2. The molecule has 0 unspecified atom stereocenters. The molecule has 3 nitrogen and oxygen atoms in total. The van der Waals surface area contributed by atoms with E-state index in [1.54, 1.807) is 0 Å². The molecule has 0 aliphatic rings. The molecule has 4 heteroatoms. The molecule has 2 aromatic heterocycles. The second-order valence-electron chi connectivity index (χ2n) is 5.54. The number of rotatable bonds is 3. The Bertz CT molecular complexity index is 864. The summed E-state index contributed by atoms with van der Waals surface area (Å²) in [5.41, 5.74) is 5.64. The minimum Gasteiger partial charge on any atom is -0.303 e. The first-order valence-corrected chi connectivity index (χ1v) is 8.54. The molecule has 0 bridgehead atoms. The van der Waals surface area contributed by atoms with Crippen molar-refractivity contribution in [3.63, 3.8) is 0 Å². The van der Waals surface area contributed by atoms with E-state index in [9.17, 15) is 0 Å². The first-order valence-electron chi connectivity index (χ1n) is 7.47. The maximum atomic E-state index is 4.63. The number of pyridine rings is 1. The zero-order chi connectivity index (χ0) is 16.4. The van der Waals surface area contributed by atoms with Gasteiger partial charge in [-0.3, -0.25) is 4.99 Å². The first-order chi connectivity index (χ1) is 11.1. The molecule has 23 heavy (non-hydrogen) atoms. The first kappa shape index (κ1) is 15.9. The summed E-state index contributed by atoms with van der Waals surface area (Å²) in [5, 5.41) is 0. The minimum atomic E-state index is 0.937. The van der Waals surface area contributed by atoms with Crippen LogP contribution in [-0.2, 0) is 0 Å². The third kappa shape index (κ3) is 3.37. The molecular formula is C19H18IN3. The fourth-order valence-corrected chi connectivity index (χ4v) is 2.95. The van der Waals surface area contributed by atoms with Gasteiger partial charge in [-0.1, -0.05) is 6.07 Å². The van der Waals surface area contributed by atoms with Gasteiger partial charge < -0.3 is 4.57 Å². The van der Waals surface area contributed by atoms with Gasteiger partial charge in [0.2, 0.25) is 0 Å². The van der Waals surface area contributed by atoms with Crippen molar-refractivity contribution in [2.45, 2.75) is 20.8 Å². The molecule has 116 valence electrons. The largest absolute Gasteiger partial charge is 0.303 e. The van der Waals surface area contributed by atoms with Crippen molar-refractivity contribution < 1.29 is 0 Å². The summed E-state index contributed by atoms with van der Waals surface area (Å²) in [6, 6.07) is 14.3. The van der Waals surface area contributed by atoms with Crippen molar-refractivity contribution >= 4 is 34.5 Å². The molecule has 0 fully saturated rings. The maximum Gasteiger partial charge on any atom is 0.136 e. The van der Waals surface area contributed by atoms with Crippen LogP contribution < -0.4 is 0 Å². The van der Waals surface area contributed by atoms with Crippen LogP contribution >= 0.6 is 22.6 Å². The number of hydrogen-bond donors (Lipinski definition) is 0. The predicted molar refractivity (Wildman–Crippen MR) is 104 cm³/mol. The lowest BCUT2D eigenvalue weighted by Crippen LogP contribution is -2.01. The quantitative estimate of drug-likeness (QED) is 0.430. The zero-order valence-corrected chi connectivity index (χ0v) is 15.6. The summed E-state index contributed by atoms with van der Waals surface area (Å²) in [6.45, 7) is 6.30. The van der Waals surface area contributed by atoms with E-state index < -0.39 is 0 Å². The molecule has 0 N–H and O–H groups in total. The van der Waals surface area contributed by atoms with E-state index in [0.717, 1.165) is 28.5 Å². The van der Waals surface area contributed by atoms with E-state index in [1.807, 2.05) is 36.7 Å². The van der Waals surface area contributed by atoms with Crippen molar-refractivity contribution in [1.29, 1.82) is 0 Å². The Balaban J connectivity index is 1.95. The highest BCUT2D eigenvalue weighted by atomic mass is 127. The molecule has 3 aromatic rings. The fraction of sp³-hybridized carbons (Fsp3) is 0.158. The van der Waals surface area contributed by atoms with E-state index in [4.69, 9.17) is 0 Å². The molecule has 0 spiro atoms. The number of benzene rings is 1. The van der Waals surface area contributed by atoms with Gasteiger partial charge in [-0.15, -0.1) is 0 Å². The molecule has 0 amide bonds. The molecule has 2 heterocycles. The van der Waals surface area contributed by atoms with Crippen molar-refractivity contribution in [1.82, 2.24) is 9.55 Å². The van der Waals surface area contributed by atoms with Gasteiger partial charge in [-0.2, -0.15) is 0 Å². The van der Waals surface area contributed by atoms with Gasteiger partial charge >= 0.3 is 0 Å². The average Bonchev–Trinajstić information content (AvgIpc) is 2.83. The number of nitrogens with zero attached hydrogens (tertiary/aromatic N) is 3.